The average Bonchev–Trinajstić information content (AvgIpc) is 3.32. The van der Waals surface area contributed by atoms with Gasteiger partial charge in [-0.15, -0.1) is 5.10 Å². The fourth-order valence-corrected chi connectivity index (χ4v) is 5.44. The molecule has 0 radical (unpaired) electrons. The van der Waals surface area contributed by atoms with Crippen LogP contribution in [0.25, 0.3) is 0 Å². The van der Waals surface area contributed by atoms with Gasteiger partial charge in [-0.25, -0.2) is 13.1 Å². The van der Waals surface area contributed by atoms with Crippen LogP contribution in [0.15, 0.2) is 18.2 Å². The Balaban J connectivity index is 1.25. The minimum Gasteiger partial charge on any atom is -0.493 e. The van der Waals surface area contributed by atoms with Crippen molar-refractivity contribution in [1.29, 1.82) is 0 Å². The molecule has 1 aromatic carbocycles. The summed E-state index contributed by atoms with van der Waals surface area (Å²) in [4.78, 5) is 9.13. The quantitative estimate of drug-likeness (QED) is 0.757. The minimum atomic E-state index is -3.03. The van der Waals surface area contributed by atoms with Crippen molar-refractivity contribution in [2.45, 2.75) is 31.7 Å². The molecule has 9 heteroatoms. The minimum absolute atomic E-state index is 0.00258. The summed E-state index contributed by atoms with van der Waals surface area (Å²) in [7, 11) is -3.03. The number of fused-ring (bicyclic) bond motifs is 2. The van der Waals surface area contributed by atoms with Crippen LogP contribution in [0.4, 0.5) is 5.95 Å². The number of aryl methyl sites for hydroxylation is 1. The van der Waals surface area contributed by atoms with E-state index < -0.39 is 9.84 Å². The maximum Gasteiger partial charge on any atom is 0.245 e. The Labute approximate surface area is 165 Å². The number of nitrogens with zero attached hydrogens (tertiary/aromatic N) is 5. The summed E-state index contributed by atoms with van der Waals surface area (Å²) < 4.78 is 31.1. The Morgan fingerprint density at radius 3 is 2.79 bits per heavy atom. The second-order valence-corrected chi connectivity index (χ2v) is 9.99. The molecule has 0 saturated carbocycles. The van der Waals surface area contributed by atoms with E-state index in [1.807, 2.05) is 0 Å². The van der Waals surface area contributed by atoms with Gasteiger partial charge in [0.15, 0.2) is 9.84 Å². The molecule has 3 aliphatic heterocycles. The van der Waals surface area contributed by atoms with E-state index in [0.717, 1.165) is 45.0 Å². The first-order chi connectivity index (χ1) is 13.5. The zero-order valence-corrected chi connectivity index (χ0v) is 16.9. The lowest BCUT2D eigenvalue weighted by Crippen LogP contribution is -2.47. The summed E-state index contributed by atoms with van der Waals surface area (Å²) in [6, 6.07) is 6.92. The molecule has 1 atom stereocenters. The fourth-order valence-electron chi connectivity index (χ4n) is 4.24. The van der Waals surface area contributed by atoms with E-state index in [2.05, 4.69) is 45.0 Å². The molecule has 28 heavy (non-hydrogen) atoms. The van der Waals surface area contributed by atoms with Gasteiger partial charge in [0.2, 0.25) is 5.95 Å². The predicted molar refractivity (Wildman–Crippen MR) is 105 cm³/mol. The van der Waals surface area contributed by atoms with E-state index in [4.69, 9.17) is 4.74 Å². The first kappa shape index (κ1) is 17.9. The third-order valence-corrected chi connectivity index (χ3v) is 7.55. The summed E-state index contributed by atoms with van der Waals surface area (Å²) in [5, 5.41) is 4.54. The zero-order valence-electron chi connectivity index (χ0n) is 16.0. The molecule has 5 rings (SSSR count). The highest BCUT2D eigenvalue weighted by molar-refractivity contribution is 7.90. The van der Waals surface area contributed by atoms with Gasteiger partial charge in [0.1, 0.15) is 17.3 Å². The molecule has 2 aromatic rings. The highest BCUT2D eigenvalue weighted by Crippen LogP contribution is 2.31. The van der Waals surface area contributed by atoms with Crippen LogP contribution in [0.1, 0.15) is 29.9 Å². The Morgan fingerprint density at radius 2 is 1.96 bits per heavy atom. The summed E-state index contributed by atoms with van der Waals surface area (Å²) in [6.07, 6.45) is 1.01. The summed E-state index contributed by atoms with van der Waals surface area (Å²) in [6.45, 7) is 6.94. The average molecular weight is 404 g/mol. The Kier molecular flexibility index (Phi) is 4.31. The second kappa shape index (κ2) is 6.73. The molecule has 0 aliphatic carbocycles. The highest BCUT2D eigenvalue weighted by atomic mass is 32.2. The van der Waals surface area contributed by atoms with Crippen molar-refractivity contribution in [3.8, 4) is 5.75 Å². The van der Waals surface area contributed by atoms with Gasteiger partial charge >= 0.3 is 0 Å². The molecule has 3 aliphatic rings. The van der Waals surface area contributed by atoms with Crippen LogP contribution in [0.5, 0.6) is 5.75 Å². The van der Waals surface area contributed by atoms with E-state index >= 15 is 0 Å². The van der Waals surface area contributed by atoms with Crippen molar-refractivity contribution in [3.05, 3.63) is 35.2 Å². The number of hydrogen-bond donors (Lipinski definition) is 0. The Bertz CT molecular complexity index is 995. The molecule has 150 valence electrons. The lowest BCUT2D eigenvalue weighted by Gasteiger charge is -2.37. The van der Waals surface area contributed by atoms with E-state index in [0.29, 0.717) is 24.4 Å². The molecule has 1 aromatic heterocycles. The van der Waals surface area contributed by atoms with Crippen LogP contribution in [0.3, 0.4) is 0 Å². The highest BCUT2D eigenvalue weighted by Gasteiger charge is 2.29. The van der Waals surface area contributed by atoms with E-state index in [-0.39, 0.29) is 11.5 Å². The number of anilines is 1. The van der Waals surface area contributed by atoms with E-state index in [1.54, 1.807) is 4.68 Å². The molecule has 0 unspecified atom stereocenters. The van der Waals surface area contributed by atoms with E-state index in [9.17, 15) is 8.42 Å². The number of aromatic nitrogens is 3. The summed E-state index contributed by atoms with van der Waals surface area (Å²) in [5.74, 6) is 2.40. The standard InChI is InChI=1S/C19H25N5O3S/c1-14(16-3-2-15-4-10-27-17(15)12-16)22-5-7-23(8-6-22)19-20-18-13-28(25,26)11-9-24(18)21-19/h2-3,12,14H,4-11,13H2,1H3/t14-/m0/s1. The van der Waals surface area contributed by atoms with Crippen molar-refractivity contribution < 1.29 is 13.2 Å². The van der Waals surface area contributed by atoms with Crippen LogP contribution in [-0.2, 0) is 28.6 Å². The van der Waals surface area contributed by atoms with Crippen LogP contribution < -0.4 is 9.64 Å². The van der Waals surface area contributed by atoms with Crippen molar-refractivity contribution in [2.75, 3.05) is 43.4 Å². The first-order valence-electron chi connectivity index (χ1n) is 9.87. The van der Waals surface area contributed by atoms with Crippen molar-refractivity contribution >= 4 is 15.8 Å². The number of ether oxygens (including phenoxy) is 1. The summed E-state index contributed by atoms with van der Waals surface area (Å²) >= 11 is 0. The van der Waals surface area contributed by atoms with Gasteiger partial charge in [0.05, 0.1) is 18.9 Å². The van der Waals surface area contributed by atoms with Crippen LogP contribution in [0.2, 0.25) is 0 Å². The van der Waals surface area contributed by atoms with Gasteiger partial charge in [0.25, 0.3) is 0 Å². The van der Waals surface area contributed by atoms with Crippen molar-refractivity contribution in [2.24, 2.45) is 0 Å². The molecule has 0 amide bonds. The SMILES string of the molecule is C[C@@H](c1ccc2c(c1)OCC2)N1CCN(c2nc3n(n2)CCS(=O)(=O)C3)CC1. The van der Waals surface area contributed by atoms with Gasteiger partial charge in [-0.2, -0.15) is 4.98 Å². The molecule has 4 heterocycles. The first-order valence-corrected chi connectivity index (χ1v) is 11.7. The molecule has 0 bridgehead atoms. The summed E-state index contributed by atoms with van der Waals surface area (Å²) in [5.41, 5.74) is 2.59. The molecule has 1 fully saturated rings. The maximum atomic E-state index is 11.8. The van der Waals surface area contributed by atoms with Crippen molar-refractivity contribution in [1.82, 2.24) is 19.7 Å². The lowest BCUT2D eigenvalue weighted by atomic mass is 10.0. The predicted octanol–water partition coefficient (Wildman–Crippen LogP) is 1.02. The number of hydrogen-bond acceptors (Lipinski definition) is 7. The fraction of sp³-hybridized carbons (Fsp3) is 0.579. The molecule has 0 N–H and O–H groups in total. The van der Waals surface area contributed by atoms with Crippen molar-refractivity contribution in [3.63, 3.8) is 0 Å². The lowest BCUT2D eigenvalue weighted by molar-refractivity contribution is 0.197. The Hall–Kier alpha value is -2.13. The van der Waals surface area contributed by atoms with Gasteiger partial charge < -0.3 is 9.64 Å². The number of sulfone groups is 1. The zero-order chi connectivity index (χ0) is 19.3. The monoisotopic (exact) mass is 403 g/mol. The number of benzene rings is 1. The van der Waals surface area contributed by atoms with Gasteiger partial charge in [0, 0.05) is 38.6 Å². The van der Waals surface area contributed by atoms with Gasteiger partial charge in [-0.05, 0) is 24.1 Å². The number of rotatable bonds is 3. The number of piperazine rings is 1. The van der Waals surface area contributed by atoms with Crippen LogP contribution in [-0.4, -0.2) is 66.6 Å². The molecular weight excluding hydrogens is 378 g/mol. The Morgan fingerprint density at radius 1 is 1.14 bits per heavy atom. The van der Waals surface area contributed by atoms with E-state index in [1.165, 1.54) is 11.1 Å². The second-order valence-electron chi connectivity index (χ2n) is 7.81. The molecule has 1 saturated heterocycles. The van der Waals surface area contributed by atoms with Gasteiger partial charge in [-0.3, -0.25) is 4.90 Å². The third-order valence-electron chi connectivity index (χ3n) is 6.05. The largest absolute Gasteiger partial charge is 0.493 e. The maximum absolute atomic E-state index is 11.8. The van der Waals surface area contributed by atoms with Crippen LogP contribution in [0, 0.1) is 0 Å². The molecule has 0 spiro atoms. The van der Waals surface area contributed by atoms with Crippen LogP contribution >= 0.6 is 0 Å². The molecular formula is C19H25N5O3S. The molecule has 8 nitrogen and oxygen atoms in total. The van der Waals surface area contributed by atoms with Gasteiger partial charge in [-0.1, -0.05) is 12.1 Å². The smallest absolute Gasteiger partial charge is 0.245 e. The third kappa shape index (κ3) is 3.26. The topological polar surface area (TPSA) is 80.6 Å². The normalized spacial score (nSPS) is 22.4.